The van der Waals surface area contributed by atoms with Crippen molar-refractivity contribution in [3.8, 4) is 11.1 Å². The number of hydrogen-bond donors (Lipinski definition) is 2. The molecule has 0 saturated carbocycles. The molecule has 2 amide bonds. The van der Waals surface area contributed by atoms with E-state index in [-0.39, 0.29) is 35.8 Å². The van der Waals surface area contributed by atoms with Gasteiger partial charge in [0.1, 0.15) is 5.69 Å². The van der Waals surface area contributed by atoms with Crippen LogP contribution < -0.4 is 10.6 Å². The second-order valence-electron chi connectivity index (χ2n) is 7.41. The second kappa shape index (κ2) is 9.93. The Morgan fingerprint density at radius 2 is 2.03 bits per heavy atom. The highest BCUT2D eigenvalue weighted by molar-refractivity contribution is 6.09. The number of benzene rings is 1. The Balaban J connectivity index is 1.64. The van der Waals surface area contributed by atoms with E-state index < -0.39 is 0 Å². The van der Waals surface area contributed by atoms with Gasteiger partial charge < -0.3 is 15.5 Å². The summed E-state index contributed by atoms with van der Waals surface area (Å²) >= 11 is 0. The van der Waals surface area contributed by atoms with Crippen LogP contribution in [0.3, 0.4) is 0 Å². The lowest BCUT2D eigenvalue weighted by Gasteiger charge is -2.28. The minimum absolute atomic E-state index is 0.0812. The average molecular weight is 406 g/mol. The van der Waals surface area contributed by atoms with Crippen LogP contribution in [0.25, 0.3) is 11.1 Å². The predicted molar refractivity (Wildman–Crippen MR) is 116 cm³/mol. The Kier molecular flexibility index (Phi) is 7.08. The number of rotatable bonds is 8. The molecule has 1 saturated heterocycles. The van der Waals surface area contributed by atoms with Gasteiger partial charge in [0.2, 0.25) is 17.6 Å². The molecule has 1 fully saturated rings. The fourth-order valence-electron chi connectivity index (χ4n) is 3.41. The number of carbonyl (C=O) groups is 3. The number of likely N-dealkylation sites (tertiary alicyclic amines) is 1. The number of ketones is 1. The summed E-state index contributed by atoms with van der Waals surface area (Å²) < 4.78 is 0. The molecular formula is C23H26N4O3. The highest BCUT2D eigenvalue weighted by Gasteiger charge is 2.23. The van der Waals surface area contributed by atoms with Gasteiger partial charge in [-0.15, -0.1) is 0 Å². The molecule has 30 heavy (non-hydrogen) atoms. The van der Waals surface area contributed by atoms with Crippen LogP contribution in [0.15, 0.2) is 55.3 Å². The zero-order chi connectivity index (χ0) is 21.5. The van der Waals surface area contributed by atoms with E-state index in [4.69, 9.17) is 0 Å². The normalized spacial score (nSPS) is 16.2. The summed E-state index contributed by atoms with van der Waals surface area (Å²) in [6, 6.07) is 11.3. The average Bonchev–Trinajstić information content (AvgIpc) is 2.76. The van der Waals surface area contributed by atoms with Crippen molar-refractivity contribution in [2.24, 2.45) is 5.92 Å². The summed E-state index contributed by atoms with van der Waals surface area (Å²) in [5, 5.41) is 5.89. The van der Waals surface area contributed by atoms with Crippen molar-refractivity contribution in [2.75, 3.05) is 32.0 Å². The van der Waals surface area contributed by atoms with Gasteiger partial charge in [-0.25, -0.2) is 4.98 Å². The molecule has 2 N–H and O–H groups in total. The van der Waals surface area contributed by atoms with Gasteiger partial charge in [0.05, 0.1) is 12.2 Å². The molecule has 1 unspecified atom stereocenters. The number of carbonyl (C=O) groups excluding carboxylic acids is 3. The summed E-state index contributed by atoms with van der Waals surface area (Å²) in [5.74, 6) is -0.279. The Hall–Kier alpha value is -3.32. The van der Waals surface area contributed by atoms with Gasteiger partial charge in [-0.3, -0.25) is 14.4 Å². The SMILES string of the molecule is C=CC(=O)c1ncc(-c2ccccc2)cc1NC(=O)CNCC1CCN(C)C(=O)C1. The van der Waals surface area contributed by atoms with E-state index in [9.17, 15) is 14.4 Å². The summed E-state index contributed by atoms with van der Waals surface area (Å²) in [6.07, 6.45) is 4.19. The van der Waals surface area contributed by atoms with Gasteiger partial charge in [0.15, 0.2) is 0 Å². The number of anilines is 1. The highest BCUT2D eigenvalue weighted by atomic mass is 16.2. The number of nitrogens with one attached hydrogen (secondary N) is 2. The molecule has 1 aromatic carbocycles. The maximum absolute atomic E-state index is 12.5. The van der Waals surface area contributed by atoms with Gasteiger partial charge in [-0.2, -0.15) is 0 Å². The van der Waals surface area contributed by atoms with Crippen LogP contribution >= 0.6 is 0 Å². The van der Waals surface area contributed by atoms with E-state index in [1.54, 1.807) is 24.2 Å². The van der Waals surface area contributed by atoms with E-state index in [1.807, 2.05) is 30.3 Å². The Morgan fingerprint density at radius 1 is 1.27 bits per heavy atom. The lowest BCUT2D eigenvalue weighted by Crippen LogP contribution is -2.40. The van der Waals surface area contributed by atoms with Gasteiger partial charge in [0, 0.05) is 31.8 Å². The molecule has 2 heterocycles. The fourth-order valence-corrected chi connectivity index (χ4v) is 3.41. The molecule has 1 aliphatic rings. The topological polar surface area (TPSA) is 91.4 Å². The zero-order valence-electron chi connectivity index (χ0n) is 17.1. The Labute approximate surface area is 176 Å². The van der Waals surface area contributed by atoms with Crippen molar-refractivity contribution in [1.82, 2.24) is 15.2 Å². The summed E-state index contributed by atoms with van der Waals surface area (Å²) in [7, 11) is 1.80. The third-order valence-corrected chi connectivity index (χ3v) is 5.17. The highest BCUT2D eigenvalue weighted by Crippen LogP contribution is 2.24. The first-order valence-electron chi connectivity index (χ1n) is 9.94. The van der Waals surface area contributed by atoms with Gasteiger partial charge >= 0.3 is 0 Å². The van der Waals surface area contributed by atoms with Crippen molar-refractivity contribution < 1.29 is 14.4 Å². The largest absolute Gasteiger partial charge is 0.346 e. The summed E-state index contributed by atoms with van der Waals surface area (Å²) in [6.45, 7) is 4.92. The first-order valence-corrected chi connectivity index (χ1v) is 9.94. The number of piperidine rings is 1. The van der Waals surface area contributed by atoms with Crippen LogP contribution in [-0.4, -0.2) is 54.2 Å². The Morgan fingerprint density at radius 3 is 2.73 bits per heavy atom. The van der Waals surface area contributed by atoms with Crippen molar-refractivity contribution in [2.45, 2.75) is 12.8 Å². The van der Waals surface area contributed by atoms with E-state index >= 15 is 0 Å². The van der Waals surface area contributed by atoms with Crippen LogP contribution in [0.1, 0.15) is 23.3 Å². The molecule has 1 atom stereocenters. The monoisotopic (exact) mass is 406 g/mol. The summed E-state index contributed by atoms with van der Waals surface area (Å²) in [4.78, 5) is 42.4. The molecule has 7 nitrogen and oxygen atoms in total. The number of aromatic nitrogens is 1. The van der Waals surface area contributed by atoms with Crippen LogP contribution in [0.5, 0.6) is 0 Å². The molecule has 1 aliphatic heterocycles. The van der Waals surface area contributed by atoms with E-state index in [0.29, 0.717) is 18.7 Å². The number of nitrogens with zero attached hydrogens (tertiary/aromatic N) is 2. The third-order valence-electron chi connectivity index (χ3n) is 5.17. The van der Waals surface area contributed by atoms with Crippen LogP contribution in [0, 0.1) is 5.92 Å². The number of amides is 2. The van der Waals surface area contributed by atoms with Crippen molar-refractivity contribution >= 4 is 23.3 Å². The first kappa shape index (κ1) is 21.4. The zero-order valence-corrected chi connectivity index (χ0v) is 17.1. The molecule has 1 aromatic heterocycles. The molecule has 0 spiro atoms. The number of allylic oxidation sites excluding steroid dienone is 1. The standard InChI is InChI=1S/C23H26N4O3/c1-3-20(28)23-19(12-18(14-25-23)17-7-5-4-6-8-17)26-21(29)15-24-13-16-9-10-27(2)22(30)11-16/h3-8,12,14,16,24H,1,9-11,13,15H2,2H3,(H,26,29). The molecule has 0 radical (unpaired) electrons. The van der Waals surface area contributed by atoms with Crippen molar-refractivity contribution in [3.05, 3.63) is 60.9 Å². The fraction of sp³-hybridized carbons (Fsp3) is 0.304. The minimum atomic E-state index is -0.359. The van der Waals surface area contributed by atoms with Crippen LogP contribution in [0.4, 0.5) is 5.69 Å². The third kappa shape index (κ3) is 5.39. The number of pyridine rings is 1. The van der Waals surface area contributed by atoms with Crippen molar-refractivity contribution in [3.63, 3.8) is 0 Å². The van der Waals surface area contributed by atoms with Gasteiger partial charge in [0.25, 0.3) is 0 Å². The van der Waals surface area contributed by atoms with Gasteiger partial charge in [-0.05, 0) is 36.6 Å². The van der Waals surface area contributed by atoms with E-state index in [1.165, 1.54) is 6.08 Å². The maximum Gasteiger partial charge on any atom is 0.238 e. The van der Waals surface area contributed by atoms with E-state index in [2.05, 4.69) is 22.2 Å². The van der Waals surface area contributed by atoms with Crippen LogP contribution in [-0.2, 0) is 9.59 Å². The molecule has 0 bridgehead atoms. The van der Waals surface area contributed by atoms with Crippen LogP contribution in [0.2, 0.25) is 0 Å². The Bertz CT molecular complexity index is 943. The smallest absolute Gasteiger partial charge is 0.238 e. The lowest BCUT2D eigenvalue weighted by molar-refractivity contribution is -0.133. The molecule has 7 heteroatoms. The lowest BCUT2D eigenvalue weighted by atomic mass is 9.96. The predicted octanol–water partition coefficient (Wildman–Crippen LogP) is 2.51. The van der Waals surface area contributed by atoms with Crippen molar-refractivity contribution in [1.29, 1.82) is 0 Å². The molecule has 0 aliphatic carbocycles. The number of hydrogen-bond acceptors (Lipinski definition) is 5. The molecule has 3 rings (SSSR count). The molecule has 2 aromatic rings. The molecular weight excluding hydrogens is 380 g/mol. The molecule has 156 valence electrons. The minimum Gasteiger partial charge on any atom is -0.346 e. The first-order chi connectivity index (χ1) is 14.5. The second-order valence-corrected chi connectivity index (χ2v) is 7.41. The van der Waals surface area contributed by atoms with E-state index in [0.717, 1.165) is 24.1 Å². The van der Waals surface area contributed by atoms with Gasteiger partial charge in [-0.1, -0.05) is 36.9 Å². The maximum atomic E-state index is 12.5. The quantitative estimate of drug-likeness (QED) is 0.519. The summed E-state index contributed by atoms with van der Waals surface area (Å²) in [5.41, 5.74) is 2.23.